The summed E-state index contributed by atoms with van der Waals surface area (Å²) in [5.74, 6) is -0.760. The first-order valence-corrected chi connectivity index (χ1v) is 9.60. The van der Waals surface area contributed by atoms with Crippen LogP contribution in [0.5, 0.6) is 0 Å². The van der Waals surface area contributed by atoms with Crippen molar-refractivity contribution in [3.8, 4) is 0 Å². The van der Waals surface area contributed by atoms with Crippen molar-refractivity contribution in [2.45, 2.75) is 59.2 Å². The molecule has 8 heteroatoms. The molecule has 0 saturated carbocycles. The maximum atomic E-state index is 11.5. The van der Waals surface area contributed by atoms with Crippen molar-refractivity contribution < 1.29 is 29.0 Å². The SMILES string of the molecule is CC(C)C[C@H](NC(=O)OCc1ccccc1)C(=O)O.COC(=O)[C@@H](N)CC(C)C. The van der Waals surface area contributed by atoms with Crippen LogP contribution < -0.4 is 11.1 Å². The molecule has 0 spiro atoms. The van der Waals surface area contributed by atoms with Gasteiger partial charge in [0.05, 0.1) is 7.11 Å². The van der Waals surface area contributed by atoms with Gasteiger partial charge in [0.1, 0.15) is 18.7 Å². The summed E-state index contributed by atoms with van der Waals surface area (Å²) in [5, 5.41) is 11.3. The van der Waals surface area contributed by atoms with Gasteiger partial charge in [-0.25, -0.2) is 9.59 Å². The Kier molecular flexibility index (Phi) is 13.1. The number of ether oxygens (including phenoxy) is 2. The molecule has 1 aromatic rings. The molecule has 1 aromatic carbocycles. The van der Waals surface area contributed by atoms with Crippen LogP contribution in [0, 0.1) is 11.8 Å². The Morgan fingerprint density at radius 3 is 2.03 bits per heavy atom. The molecule has 0 fully saturated rings. The zero-order valence-corrected chi connectivity index (χ0v) is 17.9. The highest BCUT2D eigenvalue weighted by Crippen LogP contribution is 2.06. The number of carbonyl (C=O) groups is 3. The van der Waals surface area contributed by atoms with Gasteiger partial charge in [-0.15, -0.1) is 0 Å². The molecule has 0 saturated heterocycles. The average Bonchev–Trinajstić information content (AvgIpc) is 2.65. The fourth-order valence-electron chi connectivity index (χ4n) is 2.36. The Bertz CT molecular complexity index is 619. The van der Waals surface area contributed by atoms with Crippen molar-refractivity contribution in [1.29, 1.82) is 0 Å². The third-order valence-corrected chi connectivity index (χ3v) is 3.74. The van der Waals surface area contributed by atoms with Crippen LogP contribution in [0.15, 0.2) is 30.3 Å². The van der Waals surface area contributed by atoms with Gasteiger partial charge in [0.25, 0.3) is 0 Å². The van der Waals surface area contributed by atoms with E-state index in [0.29, 0.717) is 18.8 Å². The Morgan fingerprint density at radius 1 is 1.03 bits per heavy atom. The van der Waals surface area contributed by atoms with Crippen LogP contribution in [0.3, 0.4) is 0 Å². The van der Waals surface area contributed by atoms with E-state index in [4.69, 9.17) is 15.6 Å². The topological polar surface area (TPSA) is 128 Å². The summed E-state index contributed by atoms with van der Waals surface area (Å²) in [5.41, 5.74) is 6.31. The Labute approximate surface area is 172 Å². The van der Waals surface area contributed by atoms with E-state index in [1.54, 1.807) is 0 Å². The van der Waals surface area contributed by atoms with Gasteiger partial charge in [-0.3, -0.25) is 4.79 Å². The van der Waals surface area contributed by atoms with Crippen LogP contribution in [-0.2, 0) is 25.7 Å². The average molecular weight is 411 g/mol. The highest BCUT2D eigenvalue weighted by Gasteiger charge is 2.21. The van der Waals surface area contributed by atoms with Crippen LogP contribution in [0.25, 0.3) is 0 Å². The number of carbonyl (C=O) groups excluding carboxylic acids is 2. The van der Waals surface area contributed by atoms with Crippen LogP contribution in [0.4, 0.5) is 4.79 Å². The Morgan fingerprint density at radius 2 is 1.59 bits per heavy atom. The van der Waals surface area contributed by atoms with E-state index in [1.165, 1.54) is 7.11 Å². The lowest BCUT2D eigenvalue weighted by Gasteiger charge is -2.16. The third-order valence-electron chi connectivity index (χ3n) is 3.74. The molecule has 0 aliphatic carbocycles. The lowest BCUT2D eigenvalue weighted by atomic mass is 10.0. The molecule has 0 unspecified atom stereocenters. The van der Waals surface area contributed by atoms with Gasteiger partial charge in [0.15, 0.2) is 0 Å². The van der Waals surface area contributed by atoms with E-state index < -0.39 is 24.1 Å². The molecule has 1 rings (SSSR count). The number of esters is 1. The summed E-state index contributed by atoms with van der Waals surface area (Å²) in [7, 11) is 1.35. The number of aliphatic carboxylic acids is 1. The molecule has 0 bridgehead atoms. The second-order valence-electron chi connectivity index (χ2n) is 7.49. The van der Waals surface area contributed by atoms with Crippen molar-refractivity contribution >= 4 is 18.0 Å². The number of hydrogen-bond donors (Lipinski definition) is 3. The first-order valence-electron chi connectivity index (χ1n) is 9.60. The molecule has 4 N–H and O–H groups in total. The molecular formula is C21H34N2O6. The minimum atomic E-state index is -1.05. The van der Waals surface area contributed by atoms with Gasteiger partial charge in [-0.2, -0.15) is 0 Å². The summed E-state index contributed by atoms with van der Waals surface area (Å²) < 4.78 is 9.43. The number of methoxy groups -OCH3 is 1. The zero-order valence-electron chi connectivity index (χ0n) is 17.9. The molecule has 1 amide bonds. The van der Waals surface area contributed by atoms with E-state index in [9.17, 15) is 14.4 Å². The standard InChI is InChI=1S/C14H19NO4.C7H15NO2/c1-10(2)8-12(13(16)17)15-14(18)19-9-11-6-4-3-5-7-11;1-5(2)4-6(8)7(9)10-3/h3-7,10,12H,8-9H2,1-2H3,(H,15,18)(H,16,17);5-6H,4,8H2,1-3H3/t12-;6-/m00/s1. The number of nitrogens with one attached hydrogen (secondary N) is 1. The lowest BCUT2D eigenvalue weighted by molar-refractivity contribution is -0.142. The second kappa shape index (κ2) is 14.4. The van der Waals surface area contributed by atoms with E-state index in [2.05, 4.69) is 10.1 Å². The second-order valence-corrected chi connectivity index (χ2v) is 7.49. The number of benzene rings is 1. The Balaban J connectivity index is 0.000000665. The summed E-state index contributed by atoms with van der Waals surface area (Å²) in [6, 6.07) is 7.84. The normalized spacial score (nSPS) is 12.4. The molecular weight excluding hydrogens is 376 g/mol. The first kappa shape index (κ1) is 26.4. The van der Waals surface area contributed by atoms with Crippen LogP contribution in [0.2, 0.25) is 0 Å². The molecule has 2 atom stereocenters. The van der Waals surface area contributed by atoms with Crippen molar-refractivity contribution in [3.05, 3.63) is 35.9 Å². The van der Waals surface area contributed by atoms with Gasteiger partial charge < -0.3 is 25.6 Å². The van der Waals surface area contributed by atoms with Crippen molar-refractivity contribution in [1.82, 2.24) is 5.32 Å². The predicted octanol–water partition coefficient (Wildman–Crippen LogP) is 2.94. The predicted molar refractivity (Wildman–Crippen MR) is 110 cm³/mol. The van der Waals surface area contributed by atoms with Crippen LogP contribution in [0.1, 0.15) is 46.1 Å². The van der Waals surface area contributed by atoms with E-state index in [0.717, 1.165) is 5.56 Å². The molecule has 8 nitrogen and oxygen atoms in total. The molecule has 29 heavy (non-hydrogen) atoms. The van der Waals surface area contributed by atoms with E-state index >= 15 is 0 Å². The Hall–Kier alpha value is -2.61. The molecule has 0 aliphatic rings. The van der Waals surface area contributed by atoms with Gasteiger partial charge in [0, 0.05) is 0 Å². The fraction of sp³-hybridized carbons (Fsp3) is 0.571. The summed E-state index contributed by atoms with van der Waals surface area (Å²) in [4.78, 5) is 33.2. The van der Waals surface area contributed by atoms with Crippen molar-refractivity contribution in [3.63, 3.8) is 0 Å². The monoisotopic (exact) mass is 410 g/mol. The summed E-state index contributed by atoms with van der Waals surface area (Å²) in [6.07, 6.45) is 0.347. The largest absolute Gasteiger partial charge is 0.480 e. The minimum Gasteiger partial charge on any atom is -0.480 e. The first-order chi connectivity index (χ1) is 13.6. The molecule has 0 radical (unpaired) electrons. The van der Waals surface area contributed by atoms with Gasteiger partial charge in [0.2, 0.25) is 0 Å². The maximum absolute atomic E-state index is 11.5. The number of carboxylic acid groups (broad SMARTS) is 1. The van der Waals surface area contributed by atoms with Gasteiger partial charge in [-0.05, 0) is 30.2 Å². The minimum absolute atomic E-state index is 0.126. The van der Waals surface area contributed by atoms with E-state index in [1.807, 2.05) is 58.0 Å². The highest BCUT2D eigenvalue weighted by molar-refractivity contribution is 5.79. The molecule has 164 valence electrons. The molecule has 0 heterocycles. The number of rotatable bonds is 9. The van der Waals surface area contributed by atoms with Crippen molar-refractivity contribution in [2.75, 3.05) is 7.11 Å². The van der Waals surface area contributed by atoms with Crippen LogP contribution in [-0.4, -0.2) is 42.3 Å². The molecule has 0 aromatic heterocycles. The maximum Gasteiger partial charge on any atom is 0.408 e. The quantitative estimate of drug-likeness (QED) is 0.534. The van der Waals surface area contributed by atoms with E-state index in [-0.39, 0.29) is 18.5 Å². The number of nitrogens with two attached hydrogens (primary N) is 1. The molecule has 0 aliphatic heterocycles. The van der Waals surface area contributed by atoms with Gasteiger partial charge in [-0.1, -0.05) is 58.0 Å². The highest BCUT2D eigenvalue weighted by atomic mass is 16.5. The lowest BCUT2D eigenvalue weighted by Crippen LogP contribution is -2.41. The zero-order chi connectivity index (χ0) is 22.4. The van der Waals surface area contributed by atoms with Crippen LogP contribution >= 0.6 is 0 Å². The number of amides is 1. The van der Waals surface area contributed by atoms with Crippen molar-refractivity contribution in [2.24, 2.45) is 17.6 Å². The summed E-state index contributed by atoms with van der Waals surface area (Å²) >= 11 is 0. The smallest absolute Gasteiger partial charge is 0.408 e. The number of carboxylic acids is 1. The third kappa shape index (κ3) is 13.2. The van der Waals surface area contributed by atoms with Gasteiger partial charge >= 0.3 is 18.0 Å². The fourth-order valence-corrected chi connectivity index (χ4v) is 2.36. The number of alkyl carbamates (subject to hydrolysis) is 1. The number of hydrogen-bond acceptors (Lipinski definition) is 6. The summed E-state index contributed by atoms with van der Waals surface area (Å²) in [6.45, 7) is 7.95.